The Labute approximate surface area is 103 Å². The maximum Gasteiger partial charge on any atom is 0.120 e. The van der Waals surface area contributed by atoms with Crippen molar-refractivity contribution in [3.05, 3.63) is 24.3 Å². The van der Waals surface area contributed by atoms with Gasteiger partial charge in [-0.05, 0) is 19.2 Å². The molecule has 4 heteroatoms. The Bertz CT molecular complexity index is 356. The second kappa shape index (κ2) is 5.89. The number of benzene rings is 1. The van der Waals surface area contributed by atoms with Crippen molar-refractivity contribution in [2.45, 2.75) is 6.04 Å². The first-order valence-electron chi connectivity index (χ1n) is 6.08. The summed E-state index contributed by atoms with van der Waals surface area (Å²) < 4.78 is 5.21. The second-order valence-electron chi connectivity index (χ2n) is 4.45. The topological polar surface area (TPSA) is 36.5 Å². The van der Waals surface area contributed by atoms with Crippen LogP contribution in [0.25, 0.3) is 0 Å². The molecule has 0 saturated carbocycles. The number of hydrogen-bond acceptors (Lipinski definition) is 4. The average molecular weight is 235 g/mol. The molecule has 1 aromatic rings. The van der Waals surface area contributed by atoms with Crippen LogP contribution in [0, 0.1) is 0 Å². The summed E-state index contributed by atoms with van der Waals surface area (Å²) in [5.74, 6) is 0.894. The van der Waals surface area contributed by atoms with Crippen molar-refractivity contribution in [1.82, 2.24) is 10.2 Å². The van der Waals surface area contributed by atoms with Gasteiger partial charge in [0.15, 0.2) is 0 Å². The average Bonchev–Trinajstić information content (AvgIpc) is 2.38. The Kier molecular flexibility index (Phi) is 4.23. The first-order valence-corrected chi connectivity index (χ1v) is 6.08. The molecule has 1 atom stereocenters. The summed E-state index contributed by atoms with van der Waals surface area (Å²) >= 11 is 0. The Balaban J connectivity index is 1.88. The molecule has 1 aromatic carbocycles. The number of nitrogens with zero attached hydrogens (tertiary/aromatic N) is 1. The first-order chi connectivity index (χ1) is 8.29. The van der Waals surface area contributed by atoms with Crippen LogP contribution >= 0.6 is 0 Å². The molecular formula is C13H21N3O. The van der Waals surface area contributed by atoms with E-state index in [1.54, 1.807) is 7.11 Å². The number of hydrogen-bond donors (Lipinski definition) is 2. The number of methoxy groups -OCH3 is 1. The lowest BCUT2D eigenvalue weighted by atomic mass is 10.2. The van der Waals surface area contributed by atoms with Crippen molar-refractivity contribution in [1.29, 1.82) is 0 Å². The molecule has 0 spiro atoms. The van der Waals surface area contributed by atoms with Crippen molar-refractivity contribution in [3.8, 4) is 5.75 Å². The molecule has 1 aliphatic rings. The summed E-state index contributed by atoms with van der Waals surface area (Å²) in [6.07, 6.45) is 0. The molecule has 0 amide bonds. The maximum atomic E-state index is 5.21. The molecule has 2 N–H and O–H groups in total. The van der Waals surface area contributed by atoms with Gasteiger partial charge < -0.3 is 15.4 Å². The molecule has 1 heterocycles. The van der Waals surface area contributed by atoms with Gasteiger partial charge in [0.1, 0.15) is 5.75 Å². The van der Waals surface area contributed by atoms with Gasteiger partial charge in [0.2, 0.25) is 0 Å². The van der Waals surface area contributed by atoms with E-state index in [1.807, 2.05) is 18.2 Å². The van der Waals surface area contributed by atoms with E-state index in [0.29, 0.717) is 6.04 Å². The van der Waals surface area contributed by atoms with Crippen LogP contribution in [0.15, 0.2) is 24.3 Å². The smallest absolute Gasteiger partial charge is 0.120 e. The van der Waals surface area contributed by atoms with Crippen LogP contribution in [0.5, 0.6) is 5.75 Å². The van der Waals surface area contributed by atoms with Crippen LogP contribution in [0.4, 0.5) is 5.69 Å². The number of rotatable bonds is 4. The SMILES string of the molecule is COc1cccc(NCC2CNCCN2C)c1. The van der Waals surface area contributed by atoms with E-state index in [0.717, 1.165) is 37.6 Å². The highest BCUT2D eigenvalue weighted by atomic mass is 16.5. The van der Waals surface area contributed by atoms with E-state index >= 15 is 0 Å². The number of likely N-dealkylation sites (N-methyl/N-ethyl adjacent to an activating group) is 1. The Morgan fingerprint density at radius 3 is 3.18 bits per heavy atom. The van der Waals surface area contributed by atoms with E-state index in [2.05, 4.69) is 28.6 Å². The Hall–Kier alpha value is -1.26. The molecule has 0 radical (unpaired) electrons. The lowest BCUT2D eigenvalue weighted by Crippen LogP contribution is -2.52. The minimum atomic E-state index is 0.551. The van der Waals surface area contributed by atoms with E-state index in [-0.39, 0.29) is 0 Å². The van der Waals surface area contributed by atoms with Gasteiger partial charge in [-0.25, -0.2) is 0 Å². The molecule has 4 nitrogen and oxygen atoms in total. The highest BCUT2D eigenvalue weighted by molar-refractivity contribution is 5.48. The van der Waals surface area contributed by atoms with Crippen molar-refractivity contribution in [2.75, 3.05) is 45.7 Å². The van der Waals surface area contributed by atoms with Gasteiger partial charge in [0.05, 0.1) is 7.11 Å². The first kappa shape index (κ1) is 12.2. The molecule has 0 aliphatic carbocycles. The monoisotopic (exact) mass is 235 g/mol. The van der Waals surface area contributed by atoms with E-state index < -0.39 is 0 Å². The predicted octanol–water partition coefficient (Wildman–Crippen LogP) is 1.01. The van der Waals surface area contributed by atoms with Gasteiger partial charge in [-0.3, -0.25) is 4.90 Å². The summed E-state index contributed by atoms with van der Waals surface area (Å²) in [6.45, 7) is 4.21. The predicted molar refractivity (Wildman–Crippen MR) is 70.8 cm³/mol. The molecule has 1 aliphatic heterocycles. The molecular weight excluding hydrogens is 214 g/mol. The Morgan fingerprint density at radius 1 is 1.53 bits per heavy atom. The molecule has 1 fully saturated rings. The second-order valence-corrected chi connectivity index (χ2v) is 4.45. The van der Waals surface area contributed by atoms with Crippen LogP contribution in [0.3, 0.4) is 0 Å². The summed E-state index contributed by atoms with van der Waals surface area (Å²) in [4.78, 5) is 2.39. The fraction of sp³-hybridized carbons (Fsp3) is 0.538. The van der Waals surface area contributed by atoms with Gasteiger partial charge in [-0.1, -0.05) is 6.07 Å². The van der Waals surface area contributed by atoms with Gasteiger partial charge in [-0.15, -0.1) is 0 Å². The summed E-state index contributed by atoms with van der Waals surface area (Å²) in [5.41, 5.74) is 1.11. The third kappa shape index (κ3) is 3.35. The summed E-state index contributed by atoms with van der Waals surface area (Å²) in [5, 5.41) is 6.88. The molecule has 1 saturated heterocycles. The fourth-order valence-electron chi connectivity index (χ4n) is 2.06. The quantitative estimate of drug-likeness (QED) is 0.816. The van der Waals surface area contributed by atoms with Crippen LogP contribution in [-0.2, 0) is 0 Å². The molecule has 0 aromatic heterocycles. The molecule has 1 unspecified atom stereocenters. The van der Waals surface area contributed by atoms with Crippen molar-refractivity contribution in [3.63, 3.8) is 0 Å². The number of nitrogens with one attached hydrogen (secondary N) is 2. The van der Waals surface area contributed by atoms with Gasteiger partial charge in [0.25, 0.3) is 0 Å². The van der Waals surface area contributed by atoms with Crippen molar-refractivity contribution in [2.24, 2.45) is 0 Å². The molecule has 17 heavy (non-hydrogen) atoms. The van der Waals surface area contributed by atoms with Crippen LogP contribution in [0.2, 0.25) is 0 Å². The lowest BCUT2D eigenvalue weighted by Gasteiger charge is -2.33. The van der Waals surface area contributed by atoms with E-state index in [1.165, 1.54) is 0 Å². The van der Waals surface area contributed by atoms with E-state index in [9.17, 15) is 0 Å². The highest BCUT2D eigenvalue weighted by Crippen LogP contribution is 2.16. The van der Waals surface area contributed by atoms with Crippen LogP contribution in [0.1, 0.15) is 0 Å². The van der Waals surface area contributed by atoms with Gasteiger partial charge >= 0.3 is 0 Å². The summed E-state index contributed by atoms with van der Waals surface area (Å²) in [6, 6.07) is 8.60. The third-order valence-electron chi connectivity index (χ3n) is 3.26. The zero-order valence-electron chi connectivity index (χ0n) is 10.6. The number of ether oxygens (including phenoxy) is 1. The van der Waals surface area contributed by atoms with Crippen LogP contribution < -0.4 is 15.4 Å². The van der Waals surface area contributed by atoms with Gasteiger partial charge in [-0.2, -0.15) is 0 Å². The fourth-order valence-corrected chi connectivity index (χ4v) is 2.06. The highest BCUT2D eigenvalue weighted by Gasteiger charge is 2.17. The zero-order valence-corrected chi connectivity index (χ0v) is 10.6. The minimum absolute atomic E-state index is 0.551. The summed E-state index contributed by atoms with van der Waals surface area (Å²) in [7, 11) is 3.87. The molecule has 2 rings (SSSR count). The van der Waals surface area contributed by atoms with Crippen molar-refractivity contribution >= 4 is 5.69 Å². The number of piperazine rings is 1. The lowest BCUT2D eigenvalue weighted by molar-refractivity contribution is 0.209. The zero-order chi connectivity index (χ0) is 12.1. The normalized spacial score (nSPS) is 21.2. The largest absolute Gasteiger partial charge is 0.497 e. The Morgan fingerprint density at radius 2 is 2.41 bits per heavy atom. The standard InChI is InChI=1S/C13H21N3O/c1-16-7-6-14-9-12(16)10-15-11-4-3-5-13(8-11)17-2/h3-5,8,12,14-15H,6-7,9-10H2,1-2H3. The van der Waals surface area contributed by atoms with E-state index in [4.69, 9.17) is 4.74 Å². The van der Waals surface area contributed by atoms with Crippen molar-refractivity contribution < 1.29 is 4.74 Å². The number of anilines is 1. The minimum Gasteiger partial charge on any atom is -0.497 e. The molecule has 94 valence electrons. The third-order valence-corrected chi connectivity index (χ3v) is 3.26. The van der Waals surface area contributed by atoms with Crippen LogP contribution in [-0.4, -0.2) is 51.3 Å². The van der Waals surface area contributed by atoms with Gasteiger partial charge in [0, 0.05) is 44.0 Å². The maximum absolute atomic E-state index is 5.21. The molecule has 0 bridgehead atoms.